The molecule has 6 heteroatoms. The molecule has 0 saturated carbocycles. The number of benzene rings is 1. The monoisotopic (exact) mass is 252 g/mol. The van der Waals surface area contributed by atoms with Crippen molar-refractivity contribution >= 4 is 0 Å². The lowest BCUT2D eigenvalue weighted by Crippen LogP contribution is -2.16. The van der Waals surface area contributed by atoms with Crippen LogP contribution in [-0.2, 0) is 20.1 Å². The first kappa shape index (κ1) is 12.6. The van der Waals surface area contributed by atoms with Gasteiger partial charge in [-0.25, -0.2) is 8.78 Å². The summed E-state index contributed by atoms with van der Waals surface area (Å²) in [5.41, 5.74) is 0.688. The third-order valence-electron chi connectivity index (χ3n) is 2.78. The predicted octanol–water partition coefficient (Wildman–Crippen LogP) is 1.69. The lowest BCUT2D eigenvalue weighted by molar-refractivity contribution is 0.505. The topological polar surface area (TPSA) is 42.7 Å². The van der Waals surface area contributed by atoms with Gasteiger partial charge in [0.05, 0.1) is 6.54 Å². The maximum absolute atomic E-state index is 13.0. The molecule has 0 aliphatic heterocycles. The zero-order chi connectivity index (χ0) is 13.1. The summed E-state index contributed by atoms with van der Waals surface area (Å²) in [6, 6.07) is 3.86. The first-order chi connectivity index (χ1) is 8.58. The maximum Gasteiger partial charge on any atom is 0.159 e. The van der Waals surface area contributed by atoms with Crippen LogP contribution < -0.4 is 5.32 Å². The van der Waals surface area contributed by atoms with Gasteiger partial charge in [0.1, 0.15) is 11.6 Å². The van der Waals surface area contributed by atoms with E-state index >= 15 is 0 Å². The van der Waals surface area contributed by atoms with Crippen LogP contribution in [-0.4, -0.2) is 14.8 Å². The lowest BCUT2D eigenvalue weighted by Gasteiger charge is -2.05. The second-order valence-electron chi connectivity index (χ2n) is 4.07. The molecular formula is C12H14F2N4. The van der Waals surface area contributed by atoms with Crippen molar-refractivity contribution in [2.75, 3.05) is 0 Å². The number of rotatable bonds is 4. The number of aromatic nitrogens is 3. The van der Waals surface area contributed by atoms with Crippen LogP contribution in [0.5, 0.6) is 0 Å². The first-order valence-corrected chi connectivity index (χ1v) is 5.57. The first-order valence-electron chi connectivity index (χ1n) is 5.57. The molecule has 1 N–H and O–H groups in total. The quantitative estimate of drug-likeness (QED) is 0.900. The molecule has 96 valence electrons. The fourth-order valence-corrected chi connectivity index (χ4v) is 1.57. The van der Waals surface area contributed by atoms with Crippen molar-refractivity contribution in [3.63, 3.8) is 0 Å². The Kier molecular flexibility index (Phi) is 3.66. The van der Waals surface area contributed by atoms with E-state index in [0.717, 1.165) is 17.7 Å². The smallest absolute Gasteiger partial charge is 0.159 e. The number of halogens is 2. The summed E-state index contributed by atoms with van der Waals surface area (Å²) < 4.78 is 27.6. The Morgan fingerprint density at radius 1 is 1.17 bits per heavy atom. The van der Waals surface area contributed by atoms with Crippen LogP contribution in [0.25, 0.3) is 0 Å². The Balaban J connectivity index is 1.92. The molecule has 2 aromatic rings. The number of hydrogen-bond acceptors (Lipinski definition) is 3. The number of hydrogen-bond donors (Lipinski definition) is 1. The zero-order valence-corrected chi connectivity index (χ0v) is 10.2. The van der Waals surface area contributed by atoms with Crippen molar-refractivity contribution in [2.45, 2.75) is 20.0 Å². The minimum Gasteiger partial charge on any atom is -0.317 e. The Hall–Kier alpha value is -1.82. The Bertz CT molecular complexity index is 551. The second kappa shape index (κ2) is 5.22. The molecule has 0 fully saturated rings. The van der Waals surface area contributed by atoms with E-state index in [9.17, 15) is 8.78 Å². The zero-order valence-electron chi connectivity index (χ0n) is 10.2. The van der Waals surface area contributed by atoms with Gasteiger partial charge in [0.25, 0.3) is 0 Å². The average molecular weight is 252 g/mol. The van der Waals surface area contributed by atoms with E-state index < -0.39 is 11.6 Å². The lowest BCUT2D eigenvalue weighted by atomic mass is 10.2. The summed E-state index contributed by atoms with van der Waals surface area (Å²) in [6.07, 6.45) is 0. The van der Waals surface area contributed by atoms with Crippen molar-refractivity contribution in [1.29, 1.82) is 0 Å². The Labute approximate surface area is 104 Å². The van der Waals surface area contributed by atoms with Gasteiger partial charge in [0.2, 0.25) is 0 Å². The minimum absolute atomic E-state index is 0.448. The van der Waals surface area contributed by atoms with E-state index in [1.165, 1.54) is 6.07 Å². The SMILES string of the molecule is Cc1nnc(CNCc2ccc(F)c(F)c2)n1C. The minimum atomic E-state index is -0.831. The summed E-state index contributed by atoms with van der Waals surface area (Å²) in [5, 5.41) is 11.0. The highest BCUT2D eigenvalue weighted by molar-refractivity contribution is 5.17. The van der Waals surface area contributed by atoms with Gasteiger partial charge in [0, 0.05) is 13.6 Å². The average Bonchev–Trinajstić information content (AvgIpc) is 2.66. The van der Waals surface area contributed by atoms with E-state index in [1.807, 2.05) is 18.5 Å². The van der Waals surface area contributed by atoms with Crippen molar-refractivity contribution in [2.24, 2.45) is 7.05 Å². The van der Waals surface area contributed by atoms with Gasteiger partial charge in [-0.05, 0) is 24.6 Å². The molecule has 1 aromatic heterocycles. The van der Waals surface area contributed by atoms with Gasteiger partial charge in [-0.1, -0.05) is 6.07 Å². The molecule has 0 spiro atoms. The second-order valence-corrected chi connectivity index (χ2v) is 4.07. The van der Waals surface area contributed by atoms with E-state index in [2.05, 4.69) is 15.5 Å². The molecule has 0 atom stereocenters. The van der Waals surface area contributed by atoms with Crippen LogP contribution in [0.15, 0.2) is 18.2 Å². The van der Waals surface area contributed by atoms with Crippen LogP contribution in [0.4, 0.5) is 8.78 Å². The molecule has 1 aromatic carbocycles. The molecule has 0 saturated heterocycles. The molecule has 1 heterocycles. The van der Waals surface area contributed by atoms with Gasteiger partial charge in [-0.3, -0.25) is 0 Å². The highest BCUT2D eigenvalue weighted by Crippen LogP contribution is 2.08. The van der Waals surface area contributed by atoms with Gasteiger partial charge < -0.3 is 9.88 Å². The van der Waals surface area contributed by atoms with Crippen molar-refractivity contribution in [1.82, 2.24) is 20.1 Å². The fraction of sp³-hybridized carbons (Fsp3) is 0.333. The van der Waals surface area contributed by atoms with E-state index in [1.54, 1.807) is 6.07 Å². The van der Waals surface area contributed by atoms with Gasteiger partial charge in [-0.15, -0.1) is 10.2 Å². The summed E-state index contributed by atoms with van der Waals surface area (Å²) in [5.74, 6) is -0.0267. The molecular weight excluding hydrogens is 238 g/mol. The van der Waals surface area contributed by atoms with Crippen LogP contribution in [0.2, 0.25) is 0 Å². The van der Waals surface area contributed by atoms with Gasteiger partial charge >= 0.3 is 0 Å². The highest BCUT2D eigenvalue weighted by atomic mass is 19.2. The predicted molar refractivity (Wildman–Crippen MR) is 62.6 cm³/mol. The molecule has 0 amide bonds. The van der Waals surface area contributed by atoms with Crippen molar-refractivity contribution in [3.05, 3.63) is 47.0 Å². The number of nitrogens with one attached hydrogen (secondary N) is 1. The van der Waals surface area contributed by atoms with Gasteiger partial charge in [0.15, 0.2) is 11.6 Å². The van der Waals surface area contributed by atoms with Crippen molar-refractivity contribution < 1.29 is 8.78 Å². The Morgan fingerprint density at radius 2 is 1.94 bits per heavy atom. The molecule has 4 nitrogen and oxygen atoms in total. The third-order valence-corrected chi connectivity index (χ3v) is 2.78. The molecule has 18 heavy (non-hydrogen) atoms. The molecule has 0 radical (unpaired) electrons. The summed E-state index contributed by atoms with van der Waals surface area (Å²) in [4.78, 5) is 0. The standard InChI is InChI=1S/C12H14F2N4/c1-8-16-17-12(18(8)2)7-15-6-9-3-4-10(13)11(14)5-9/h3-5,15H,6-7H2,1-2H3. The Morgan fingerprint density at radius 3 is 2.56 bits per heavy atom. The molecule has 0 unspecified atom stereocenters. The molecule has 2 rings (SSSR count). The summed E-state index contributed by atoms with van der Waals surface area (Å²) in [6.45, 7) is 2.84. The fourth-order valence-electron chi connectivity index (χ4n) is 1.57. The summed E-state index contributed by atoms with van der Waals surface area (Å²) >= 11 is 0. The van der Waals surface area contributed by atoms with Crippen LogP contribution in [0.1, 0.15) is 17.2 Å². The molecule has 0 bridgehead atoms. The van der Waals surface area contributed by atoms with E-state index in [4.69, 9.17) is 0 Å². The summed E-state index contributed by atoms with van der Waals surface area (Å²) in [7, 11) is 1.88. The number of aryl methyl sites for hydroxylation is 1. The van der Waals surface area contributed by atoms with E-state index in [-0.39, 0.29) is 0 Å². The van der Waals surface area contributed by atoms with E-state index in [0.29, 0.717) is 18.7 Å². The maximum atomic E-state index is 13.0. The highest BCUT2D eigenvalue weighted by Gasteiger charge is 2.05. The van der Waals surface area contributed by atoms with Crippen LogP contribution >= 0.6 is 0 Å². The third kappa shape index (κ3) is 2.70. The van der Waals surface area contributed by atoms with Crippen LogP contribution in [0, 0.1) is 18.6 Å². The van der Waals surface area contributed by atoms with Gasteiger partial charge in [-0.2, -0.15) is 0 Å². The normalized spacial score (nSPS) is 10.9. The van der Waals surface area contributed by atoms with Crippen molar-refractivity contribution in [3.8, 4) is 0 Å². The number of nitrogens with zero attached hydrogens (tertiary/aromatic N) is 3. The largest absolute Gasteiger partial charge is 0.317 e. The van der Waals surface area contributed by atoms with Crippen LogP contribution in [0.3, 0.4) is 0 Å². The molecule has 0 aliphatic rings. The molecule has 0 aliphatic carbocycles.